The molecule has 0 spiro atoms. The van der Waals surface area contributed by atoms with Crippen molar-refractivity contribution in [2.24, 2.45) is 11.7 Å². The second-order valence-corrected chi connectivity index (χ2v) is 5.44. The Bertz CT molecular complexity index is 433. The Morgan fingerprint density at radius 1 is 1.40 bits per heavy atom. The van der Waals surface area contributed by atoms with Crippen molar-refractivity contribution in [1.82, 2.24) is 4.90 Å². The van der Waals surface area contributed by atoms with E-state index in [1.54, 1.807) is 6.07 Å². The Morgan fingerprint density at radius 2 is 2.10 bits per heavy atom. The second kappa shape index (κ2) is 7.87. The maximum absolute atomic E-state index is 11.9. The van der Waals surface area contributed by atoms with Gasteiger partial charge in [-0.2, -0.15) is 0 Å². The average molecular weight is 279 g/mol. The van der Waals surface area contributed by atoms with Crippen LogP contribution in [0.1, 0.15) is 13.8 Å². The molecule has 0 aliphatic carbocycles. The van der Waals surface area contributed by atoms with Crippen LogP contribution in [0.25, 0.3) is 0 Å². The molecule has 0 heterocycles. The van der Waals surface area contributed by atoms with Gasteiger partial charge in [-0.05, 0) is 32.1 Å². The summed E-state index contributed by atoms with van der Waals surface area (Å²) in [5.74, 6) is 0.669. The van der Waals surface area contributed by atoms with E-state index < -0.39 is 6.04 Å². The van der Waals surface area contributed by atoms with Crippen molar-refractivity contribution in [3.8, 4) is 5.75 Å². The van der Waals surface area contributed by atoms with Crippen molar-refractivity contribution in [2.75, 3.05) is 32.6 Å². The zero-order valence-electron chi connectivity index (χ0n) is 12.7. The molecule has 0 aliphatic heterocycles. The third-order valence-electron chi connectivity index (χ3n) is 2.93. The van der Waals surface area contributed by atoms with Gasteiger partial charge in [-0.15, -0.1) is 0 Å². The highest BCUT2D eigenvalue weighted by molar-refractivity contribution is 5.94. The van der Waals surface area contributed by atoms with Crippen LogP contribution in [0, 0.1) is 5.92 Å². The van der Waals surface area contributed by atoms with Crippen LogP contribution in [0.2, 0.25) is 0 Å². The SMILES string of the molecule is CC(C)C(N)C(=O)Nc1cccc(OCCN(C)C)c1. The molecular formula is C15H25N3O2. The number of rotatable bonds is 7. The highest BCUT2D eigenvalue weighted by Crippen LogP contribution is 2.17. The Hall–Kier alpha value is -1.59. The molecular weight excluding hydrogens is 254 g/mol. The summed E-state index contributed by atoms with van der Waals surface area (Å²) in [6, 6.07) is 6.84. The maximum atomic E-state index is 11.9. The molecule has 1 rings (SSSR count). The number of anilines is 1. The molecule has 0 fully saturated rings. The topological polar surface area (TPSA) is 67.6 Å². The van der Waals surface area contributed by atoms with Gasteiger partial charge in [-0.1, -0.05) is 19.9 Å². The number of likely N-dealkylation sites (N-methyl/N-ethyl adjacent to an activating group) is 1. The molecule has 3 N–H and O–H groups in total. The lowest BCUT2D eigenvalue weighted by Gasteiger charge is -2.16. The number of amides is 1. The quantitative estimate of drug-likeness (QED) is 0.794. The monoisotopic (exact) mass is 279 g/mol. The van der Waals surface area contributed by atoms with Crippen LogP contribution in [0.15, 0.2) is 24.3 Å². The van der Waals surface area contributed by atoms with Crippen molar-refractivity contribution in [3.05, 3.63) is 24.3 Å². The lowest BCUT2D eigenvalue weighted by Crippen LogP contribution is -2.39. The van der Waals surface area contributed by atoms with Crippen LogP contribution >= 0.6 is 0 Å². The van der Waals surface area contributed by atoms with Gasteiger partial charge < -0.3 is 20.7 Å². The molecule has 1 atom stereocenters. The molecule has 1 unspecified atom stereocenters. The molecule has 5 nitrogen and oxygen atoms in total. The molecule has 0 saturated heterocycles. The minimum Gasteiger partial charge on any atom is -0.492 e. The summed E-state index contributed by atoms with van der Waals surface area (Å²) >= 11 is 0. The highest BCUT2D eigenvalue weighted by atomic mass is 16.5. The largest absolute Gasteiger partial charge is 0.492 e. The van der Waals surface area contributed by atoms with E-state index in [4.69, 9.17) is 10.5 Å². The van der Waals surface area contributed by atoms with E-state index in [1.165, 1.54) is 0 Å². The molecule has 1 aromatic rings. The van der Waals surface area contributed by atoms with Crippen molar-refractivity contribution in [3.63, 3.8) is 0 Å². The van der Waals surface area contributed by atoms with E-state index in [0.29, 0.717) is 12.3 Å². The predicted octanol–water partition coefficient (Wildman–Crippen LogP) is 1.55. The predicted molar refractivity (Wildman–Crippen MR) is 81.9 cm³/mol. The van der Waals surface area contributed by atoms with Gasteiger partial charge in [0.2, 0.25) is 5.91 Å². The summed E-state index contributed by atoms with van der Waals surface area (Å²) in [5, 5.41) is 2.81. The highest BCUT2D eigenvalue weighted by Gasteiger charge is 2.17. The van der Waals surface area contributed by atoms with Gasteiger partial charge in [-0.3, -0.25) is 4.79 Å². The van der Waals surface area contributed by atoms with Gasteiger partial charge in [0.25, 0.3) is 0 Å². The third-order valence-corrected chi connectivity index (χ3v) is 2.93. The molecule has 5 heteroatoms. The number of benzene rings is 1. The zero-order chi connectivity index (χ0) is 15.1. The third kappa shape index (κ3) is 5.59. The molecule has 1 aromatic carbocycles. The van der Waals surface area contributed by atoms with Crippen LogP contribution in [0.5, 0.6) is 5.75 Å². The fraction of sp³-hybridized carbons (Fsp3) is 0.533. The molecule has 0 saturated carbocycles. The second-order valence-electron chi connectivity index (χ2n) is 5.44. The smallest absolute Gasteiger partial charge is 0.241 e. The molecule has 1 amide bonds. The van der Waals surface area contributed by atoms with Crippen LogP contribution in [-0.4, -0.2) is 44.1 Å². The zero-order valence-corrected chi connectivity index (χ0v) is 12.7. The van der Waals surface area contributed by atoms with Gasteiger partial charge in [-0.25, -0.2) is 0 Å². The molecule has 0 radical (unpaired) electrons. The lowest BCUT2D eigenvalue weighted by atomic mass is 10.0. The number of nitrogens with zero attached hydrogens (tertiary/aromatic N) is 1. The number of nitrogens with two attached hydrogens (primary N) is 1. The van der Waals surface area contributed by atoms with Crippen LogP contribution in [0.3, 0.4) is 0 Å². The van der Waals surface area contributed by atoms with E-state index in [0.717, 1.165) is 12.3 Å². The number of carbonyl (C=O) groups excluding carboxylic acids is 1. The summed E-state index contributed by atoms with van der Waals surface area (Å²) in [4.78, 5) is 13.9. The van der Waals surface area contributed by atoms with Gasteiger partial charge in [0, 0.05) is 18.3 Å². The first kappa shape index (κ1) is 16.5. The summed E-state index contributed by atoms with van der Waals surface area (Å²) in [6.07, 6.45) is 0. The van der Waals surface area contributed by atoms with Crippen molar-refractivity contribution >= 4 is 11.6 Å². The van der Waals surface area contributed by atoms with Crippen molar-refractivity contribution in [1.29, 1.82) is 0 Å². The first-order valence-electron chi connectivity index (χ1n) is 6.84. The van der Waals surface area contributed by atoms with Gasteiger partial charge in [0.15, 0.2) is 0 Å². The normalized spacial score (nSPS) is 12.6. The summed E-state index contributed by atoms with van der Waals surface area (Å²) in [5.41, 5.74) is 6.51. The van der Waals surface area contributed by atoms with Gasteiger partial charge in [0.1, 0.15) is 12.4 Å². The minimum absolute atomic E-state index is 0.106. The molecule has 0 aliphatic rings. The average Bonchev–Trinajstić information content (AvgIpc) is 2.37. The molecule has 0 aromatic heterocycles. The maximum Gasteiger partial charge on any atom is 0.241 e. The summed E-state index contributed by atoms with van der Waals surface area (Å²) < 4.78 is 5.62. The summed E-state index contributed by atoms with van der Waals surface area (Å²) in [6.45, 7) is 5.29. The van der Waals surface area contributed by atoms with E-state index in [-0.39, 0.29) is 11.8 Å². The number of ether oxygens (including phenoxy) is 1. The van der Waals surface area contributed by atoms with Crippen LogP contribution in [-0.2, 0) is 4.79 Å². The fourth-order valence-electron chi connectivity index (χ4n) is 1.54. The number of carbonyl (C=O) groups is 1. The van der Waals surface area contributed by atoms with Crippen molar-refractivity contribution < 1.29 is 9.53 Å². The van der Waals surface area contributed by atoms with Crippen LogP contribution < -0.4 is 15.8 Å². The number of hydrogen-bond acceptors (Lipinski definition) is 4. The Morgan fingerprint density at radius 3 is 2.70 bits per heavy atom. The van der Waals surface area contributed by atoms with Crippen molar-refractivity contribution in [2.45, 2.75) is 19.9 Å². The fourth-order valence-corrected chi connectivity index (χ4v) is 1.54. The van der Waals surface area contributed by atoms with E-state index >= 15 is 0 Å². The minimum atomic E-state index is -0.506. The number of hydrogen-bond donors (Lipinski definition) is 2. The summed E-state index contributed by atoms with van der Waals surface area (Å²) in [7, 11) is 3.99. The van der Waals surface area contributed by atoms with Crippen LogP contribution in [0.4, 0.5) is 5.69 Å². The first-order chi connectivity index (χ1) is 9.40. The van der Waals surface area contributed by atoms with E-state index in [9.17, 15) is 4.79 Å². The van der Waals surface area contributed by atoms with E-state index in [1.807, 2.05) is 51.0 Å². The Kier molecular flexibility index (Phi) is 6.48. The standard InChI is InChI=1S/C15H25N3O2/c1-11(2)14(16)15(19)17-12-6-5-7-13(10-12)20-9-8-18(3)4/h5-7,10-11,14H,8-9,16H2,1-4H3,(H,17,19). The van der Waals surface area contributed by atoms with Gasteiger partial charge >= 0.3 is 0 Å². The Labute approximate surface area is 121 Å². The van der Waals surface area contributed by atoms with E-state index in [2.05, 4.69) is 5.32 Å². The first-order valence-corrected chi connectivity index (χ1v) is 6.84. The van der Waals surface area contributed by atoms with Gasteiger partial charge in [0.05, 0.1) is 6.04 Å². The molecule has 0 bridgehead atoms. The molecule has 20 heavy (non-hydrogen) atoms. The Balaban J connectivity index is 2.57. The lowest BCUT2D eigenvalue weighted by molar-refractivity contribution is -0.118. The number of nitrogens with one attached hydrogen (secondary N) is 1. The molecule has 112 valence electrons.